The molecule has 5 nitrogen and oxygen atoms in total. The largest absolute Gasteiger partial charge is 0.481 e. The van der Waals surface area contributed by atoms with Crippen molar-refractivity contribution >= 4 is 11.6 Å². The van der Waals surface area contributed by atoms with E-state index in [2.05, 4.69) is 0 Å². The molecule has 32 heavy (non-hydrogen) atoms. The zero-order valence-corrected chi connectivity index (χ0v) is 18.4. The van der Waals surface area contributed by atoms with Crippen LogP contribution in [-0.2, 0) is 12.7 Å². The zero-order valence-electron chi connectivity index (χ0n) is 18.4. The van der Waals surface area contributed by atoms with Gasteiger partial charge in [-0.1, -0.05) is 18.2 Å². The summed E-state index contributed by atoms with van der Waals surface area (Å²) >= 11 is 0. The number of nitrogens with zero attached hydrogens (tertiary/aromatic N) is 2. The van der Waals surface area contributed by atoms with E-state index in [0.29, 0.717) is 22.7 Å². The Balaban J connectivity index is 2.03. The highest BCUT2D eigenvalue weighted by Crippen LogP contribution is 2.49. The quantitative estimate of drug-likeness (QED) is 0.755. The lowest BCUT2D eigenvalue weighted by molar-refractivity contribution is -0.138. The number of alkyl halides is 3. The Kier molecular flexibility index (Phi) is 5.24. The summed E-state index contributed by atoms with van der Waals surface area (Å²) in [5.74, 6) is 0.0198. The molecule has 170 valence electrons. The van der Waals surface area contributed by atoms with Crippen LogP contribution in [0.1, 0.15) is 46.5 Å². The highest BCUT2D eigenvalue weighted by molar-refractivity contribution is 6.04. The van der Waals surface area contributed by atoms with Crippen LogP contribution in [0, 0.1) is 6.92 Å². The maximum absolute atomic E-state index is 13.8. The third-order valence-electron chi connectivity index (χ3n) is 6.04. The molecule has 0 aromatic heterocycles. The second-order valence-electron chi connectivity index (χ2n) is 8.61. The van der Waals surface area contributed by atoms with E-state index in [9.17, 15) is 23.1 Å². The maximum atomic E-state index is 13.8. The number of aliphatic hydroxyl groups excluding tert-OH is 1. The van der Waals surface area contributed by atoms with E-state index in [0.717, 1.165) is 11.6 Å². The molecule has 0 fully saturated rings. The molecule has 4 rings (SSSR count). The fraction of sp³-hybridized carbons (Fsp3) is 0.375. The SMILES string of the molecule is Cc1c(C(F)(F)F)ccc2c1C(N1Cc3ccccc3C1=O)=C(N(C)CCO)C(C)(C)O2. The standard InChI is InChI=1S/C24H25F3N2O3/c1-14-17(24(25,26)27)9-10-18-19(14)20(21(23(2,3)32-18)28(4)11-12-30)29-13-15-7-5-6-8-16(15)22(29)31/h5-10,30H,11-13H2,1-4H3. The average molecular weight is 446 g/mol. The van der Waals surface area contributed by atoms with Crippen molar-refractivity contribution in [2.75, 3.05) is 20.2 Å². The first kappa shape index (κ1) is 22.2. The number of amides is 1. The lowest BCUT2D eigenvalue weighted by Crippen LogP contribution is -2.45. The summed E-state index contributed by atoms with van der Waals surface area (Å²) < 4.78 is 47.5. The van der Waals surface area contributed by atoms with Crippen LogP contribution in [0.25, 0.3) is 5.70 Å². The van der Waals surface area contributed by atoms with Crippen LogP contribution in [-0.4, -0.2) is 46.6 Å². The molecule has 2 aliphatic rings. The Morgan fingerprint density at radius 1 is 1.19 bits per heavy atom. The summed E-state index contributed by atoms with van der Waals surface area (Å²) in [5.41, 5.74) is 0.793. The first-order valence-corrected chi connectivity index (χ1v) is 10.3. The third kappa shape index (κ3) is 3.43. The third-order valence-corrected chi connectivity index (χ3v) is 6.04. The number of benzene rings is 2. The molecule has 8 heteroatoms. The van der Waals surface area contributed by atoms with Crippen molar-refractivity contribution in [3.8, 4) is 5.75 Å². The highest BCUT2D eigenvalue weighted by Gasteiger charge is 2.45. The molecule has 0 atom stereocenters. The number of hydrogen-bond donors (Lipinski definition) is 1. The van der Waals surface area contributed by atoms with Crippen molar-refractivity contribution in [1.29, 1.82) is 0 Å². The van der Waals surface area contributed by atoms with Crippen molar-refractivity contribution in [1.82, 2.24) is 9.80 Å². The van der Waals surface area contributed by atoms with Gasteiger partial charge in [-0.05, 0) is 50.1 Å². The average Bonchev–Trinajstić information content (AvgIpc) is 3.02. The molecule has 0 saturated heterocycles. The molecule has 2 aromatic carbocycles. The molecular formula is C24H25F3N2O3. The normalized spacial score (nSPS) is 17.2. The number of aliphatic hydroxyl groups is 1. The van der Waals surface area contributed by atoms with Gasteiger partial charge in [0.15, 0.2) is 0 Å². The number of hydrogen-bond acceptors (Lipinski definition) is 4. The maximum Gasteiger partial charge on any atom is 0.416 e. The number of carbonyl (C=O) groups is 1. The van der Waals surface area contributed by atoms with Gasteiger partial charge in [-0.25, -0.2) is 0 Å². The summed E-state index contributed by atoms with van der Waals surface area (Å²) in [6.45, 7) is 5.33. The van der Waals surface area contributed by atoms with E-state index in [1.807, 2.05) is 12.1 Å². The van der Waals surface area contributed by atoms with E-state index in [4.69, 9.17) is 4.74 Å². The molecule has 0 spiro atoms. The predicted octanol–water partition coefficient (Wildman–Crippen LogP) is 4.43. The highest BCUT2D eigenvalue weighted by atomic mass is 19.4. The fourth-order valence-corrected chi connectivity index (χ4v) is 4.70. The topological polar surface area (TPSA) is 53.0 Å². The van der Waals surface area contributed by atoms with Gasteiger partial charge >= 0.3 is 6.18 Å². The molecular weight excluding hydrogens is 421 g/mol. The van der Waals surface area contributed by atoms with Gasteiger partial charge in [-0.15, -0.1) is 0 Å². The van der Waals surface area contributed by atoms with Crippen LogP contribution < -0.4 is 4.74 Å². The van der Waals surface area contributed by atoms with Crippen LogP contribution in [0.15, 0.2) is 42.1 Å². The van der Waals surface area contributed by atoms with E-state index >= 15 is 0 Å². The van der Waals surface area contributed by atoms with Crippen LogP contribution in [0.5, 0.6) is 5.75 Å². The van der Waals surface area contributed by atoms with Gasteiger partial charge in [-0.2, -0.15) is 13.2 Å². The number of likely N-dealkylation sites (N-methyl/N-ethyl adjacent to an activating group) is 1. The van der Waals surface area contributed by atoms with E-state index in [1.54, 1.807) is 37.9 Å². The number of rotatable bonds is 4. The number of halogens is 3. The lowest BCUT2D eigenvalue weighted by Gasteiger charge is -2.43. The Morgan fingerprint density at radius 2 is 1.88 bits per heavy atom. The molecule has 0 unspecified atom stereocenters. The molecule has 0 saturated carbocycles. The Morgan fingerprint density at radius 3 is 2.50 bits per heavy atom. The Labute approximate surface area is 184 Å². The minimum atomic E-state index is -4.55. The van der Waals surface area contributed by atoms with E-state index in [1.165, 1.54) is 17.9 Å². The summed E-state index contributed by atoms with van der Waals surface area (Å²) in [4.78, 5) is 16.7. The molecule has 1 N–H and O–H groups in total. The number of carbonyl (C=O) groups excluding carboxylic acids is 1. The Bertz CT molecular complexity index is 1120. The van der Waals surface area contributed by atoms with Gasteiger partial charge in [0.1, 0.15) is 11.4 Å². The van der Waals surface area contributed by atoms with Gasteiger partial charge in [0, 0.05) is 24.7 Å². The minimum Gasteiger partial charge on any atom is -0.481 e. The number of ether oxygens (including phenoxy) is 1. The van der Waals surface area contributed by atoms with Crippen LogP contribution in [0.2, 0.25) is 0 Å². The monoisotopic (exact) mass is 446 g/mol. The zero-order chi connectivity index (χ0) is 23.4. The van der Waals surface area contributed by atoms with E-state index < -0.39 is 17.3 Å². The van der Waals surface area contributed by atoms with Crippen LogP contribution >= 0.6 is 0 Å². The van der Waals surface area contributed by atoms with Crippen molar-refractivity contribution in [3.05, 3.63) is 69.9 Å². The first-order chi connectivity index (χ1) is 15.0. The van der Waals surface area contributed by atoms with Gasteiger partial charge in [0.25, 0.3) is 5.91 Å². The van der Waals surface area contributed by atoms with Crippen molar-refractivity contribution < 1.29 is 27.8 Å². The summed E-state index contributed by atoms with van der Waals surface area (Å²) in [6, 6.07) is 9.50. The van der Waals surface area contributed by atoms with Gasteiger partial charge < -0.3 is 19.6 Å². The minimum absolute atomic E-state index is 0.000783. The van der Waals surface area contributed by atoms with Crippen LogP contribution in [0.4, 0.5) is 13.2 Å². The number of fused-ring (bicyclic) bond motifs is 2. The van der Waals surface area contributed by atoms with Crippen molar-refractivity contribution in [3.63, 3.8) is 0 Å². The van der Waals surface area contributed by atoms with Crippen LogP contribution in [0.3, 0.4) is 0 Å². The molecule has 2 aromatic rings. The summed E-state index contributed by atoms with van der Waals surface area (Å²) in [5, 5.41) is 9.55. The van der Waals surface area contributed by atoms with Gasteiger partial charge in [0.2, 0.25) is 0 Å². The fourth-order valence-electron chi connectivity index (χ4n) is 4.70. The molecule has 1 amide bonds. The molecule has 0 radical (unpaired) electrons. The second-order valence-corrected chi connectivity index (χ2v) is 8.61. The van der Waals surface area contributed by atoms with Gasteiger partial charge in [-0.3, -0.25) is 4.79 Å². The molecule has 0 bridgehead atoms. The Hall–Kier alpha value is -3.00. The first-order valence-electron chi connectivity index (χ1n) is 10.3. The molecule has 2 aliphatic heterocycles. The van der Waals surface area contributed by atoms with E-state index in [-0.39, 0.29) is 36.7 Å². The molecule has 0 aliphatic carbocycles. The smallest absolute Gasteiger partial charge is 0.416 e. The van der Waals surface area contributed by atoms with Gasteiger partial charge in [0.05, 0.1) is 30.1 Å². The van der Waals surface area contributed by atoms with Crippen molar-refractivity contribution in [2.45, 2.75) is 39.1 Å². The summed E-state index contributed by atoms with van der Waals surface area (Å²) in [6.07, 6.45) is -4.55. The predicted molar refractivity (Wildman–Crippen MR) is 114 cm³/mol. The second kappa shape index (κ2) is 7.55. The van der Waals surface area contributed by atoms with Crippen molar-refractivity contribution in [2.24, 2.45) is 0 Å². The molecule has 2 heterocycles. The summed E-state index contributed by atoms with van der Waals surface area (Å²) in [7, 11) is 1.73. The lowest BCUT2D eigenvalue weighted by atomic mass is 9.89.